The van der Waals surface area contributed by atoms with Crippen molar-refractivity contribution in [2.45, 2.75) is 30.8 Å². The van der Waals surface area contributed by atoms with E-state index in [4.69, 9.17) is 5.73 Å². The molecule has 11 heteroatoms. The smallest absolute Gasteiger partial charge is 0.315 e. The van der Waals surface area contributed by atoms with Gasteiger partial charge in [0, 0.05) is 64.1 Å². The van der Waals surface area contributed by atoms with Gasteiger partial charge in [0.25, 0.3) is 5.92 Å². The fourth-order valence-electron chi connectivity index (χ4n) is 4.43. The number of carbonyl (C=O) groups excluding carboxylic acids is 2. The van der Waals surface area contributed by atoms with E-state index in [1.54, 1.807) is 18.5 Å². The highest BCUT2D eigenvalue weighted by atomic mass is 19.3. The fourth-order valence-corrected chi connectivity index (χ4v) is 4.43. The molecule has 4 heterocycles. The van der Waals surface area contributed by atoms with Gasteiger partial charge in [-0.3, -0.25) is 9.69 Å². The number of piperazine rings is 1. The average molecular weight is 409 g/mol. The van der Waals surface area contributed by atoms with Crippen LogP contribution >= 0.6 is 0 Å². The first kappa shape index (κ1) is 19.7. The Morgan fingerprint density at radius 1 is 1.10 bits per heavy atom. The summed E-state index contributed by atoms with van der Waals surface area (Å²) in [7, 11) is 0. The van der Waals surface area contributed by atoms with Crippen molar-refractivity contribution in [3.63, 3.8) is 0 Å². The first-order valence-electron chi connectivity index (χ1n) is 9.83. The monoisotopic (exact) mass is 409 g/mol. The first-order chi connectivity index (χ1) is 13.8. The van der Waals surface area contributed by atoms with Gasteiger partial charge in [-0.05, 0) is 12.5 Å². The summed E-state index contributed by atoms with van der Waals surface area (Å²) >= 11 is 0. The van der Waals surface area contributed by atoms with E-state index in [1.807, 2.05) is 0 Å². The van der Waals surface area contributed by atoms with Crippen molar-refractivity contribution in [1.82, 2.24) is 24.7 Å². The van der Waals surface area contributed by atoms with Crippen LogP contribution in [0.1, 0.15) is 12.8 Å². The lowest BCUT2D eigenvalue weighted by molar-refractivity contribution is -0.135. The number of hydrogen-bond donors (Lipinski definition) is 1. The fraction of sp³-hybridized carbons (Fsp3) is 0.667. The van der Waals surface area contributed by atoms with Crippen LogP contribution in [-0.4, -0.2) is 100 Å². The van der Waals surface area contributed by atoms with Gasteiger partial charge in [0.2, 0.25) is 11.9 Å². The number of amides is 3. The van der Waals surface area contributed by atoms with Crippen LogP contribution in [0.2, 0.25) is 0 Å². The number of likely N-dealkylation sites (tertiary alicyclic amines) is 2. The Morgan fingerprint density at radius 3 is 2.38 bits per heavy atom. The molecule has 3 amide bonds. The maximum Gasteiger partial charge on any atom is 0.315 e. The van der Waals surface area contributed by atoms with Crippen molar-refractivity contribution in [2.24, 2.45) is 5.73 Å². The molecule has 0 radical (unpaired) electrons. The molecule has 0 spiro atoms. The molecule has 0 saturated carbocycles. The summed E-state index contributed by atoms with van der Waals surface area (Å²) in [6.45, 7) is 2.68. The van der Waals surface area contributed by atoms with E-state index in [0.717, 1.165) is 31.1 Å². The Labute approximate surface area is 167 Å². The number of carbonyl (C=O) groups is 2. The molecule has 4 rings (SSSR count). The molecule has 2 atom stereocenters. The molecule has 2 N–H and O–H groups in total. The van der Waals surface area contributed by atoms with Crippen LogP contribution in [0.4, 0.5) is 19.5 Å². The van der Waals surface area contributed by atoms with Gasteiger partial charge >= 0.3 is 6.03 Å². The first-order valence-corrected chi connectivity index (χ1v) is 9.83. The summed E-state index contributed by atoms with van der Waals surface area (Å²) < 4.78 is 27.0. The zero-order valence-electron chi connectivity index (χ0n) is 16.1. The molecule has 29 heavy (non-hydrogen) atoms. The van der Waals surface area contributed by atoms with E-state index in [-0.39, 0.29) is 19.0 Å². The Bertz CT molecular complexity index is 758. The van der Waals surface area contributed by atoms with E-state index < -0.39 is 30.4 Å². The predicted molar refractivity (Wildman–Crippen MR) is 100 cm³/mol. The summed E-state index contributed by atoms with van der Waals surface area (Å²) in [5.41, 5.74) is 5.49. The normalized spacial score (nSPS) is 27.4. The molecule has 1 aromatic heterocycles. The second-order valence-corrected chi connectivity index (χ2v) is 7.83. The van der Waals surface area contributed by atoms with Crippen molar-refractivity contribution < 1.29 is 18.4 Å². The zero-order chi connectivity index (χ0) is 20.6. The maximum atomic E-state index is 13.5. The Morgan fingerprint density at radius 2 is 1.79 bits per heavy atom. The van der Waals surface area contributed by atoms with Gasteiger partial charge in [0.05, 0.1) is 6.54 Å². The number of primary amides is 1. The second-order valence-electron chi connectivity index (χ2n) is 7.83. The molecule has 158 valence electrons. The molecule has 9 nitrogen and oxygen atoms in total. The maximum absolute atomic E-state index is 13.5. The van der Waals surface area contributed by atoms with Crippen LogP contribution < -0.4 is 10.6 Å². The van der Waals surface area contributed by atoms with Crippen molar-refractivity contribution in [1.29, 1.82) is 0 Å². The Hall–Kier alpha value is -2.56. The Kier molecular flexibility index (Phi) is 5.24. The number of aromatic nitrogens is 2. The standard InChI is InChI=1S/C18H25F2N7O2/c19-18(20)2-5-26(12-18)15(28)14-10-13(11-27(14)16(21)29)24-6-8-25(9-7-24)17-22-3-1-4-23-17/h1,3-4,13-14H,2,5-12H2,(H2,21,29)/t13-,14-/m0/s1. The largest absolute Gasteiger partial charge is 0.351 e. The van der Waals surface area contributed by atoms with Gasteiger partial charge in [-0.2, -0.15) is 0 Å². The van der Waals surface area contributed by atoms with Gasteiger partial charge in [-0.1, -0.05) is 0 Å². The quantitative estimate of drug-likeness (QED) is 0.754. The second kappa shape index (κ2) is 7.69. The molecule has 0 unspecified atom stereocenters. The lowest BCUT2D eigenvalue weighted by Crippen LogP contribution is -2.51. The lowest BCUT2D eigenvalue weighted by atomic mass is 10.1. The molecule has 3 aliphatic rings. The van der Waals surface area contributed by atoms with Gasteiger partial charge in [-0.15, -0.1) is 0 Å². The van der Waals surface area contributed by atoms with Gasteiger partial charge in [0.1, 0.15) is 6.04 Å². The topological polar surface area (TPSA) is 98.9 Å². The van der Waals surface area contributed by atoms with Crippen molar-refractivity contribution in [3.8, 4) is 0 Å². The molecule has 0 bridgehead atoms. The number of nitrogens with zero attached hydrogens (tertiary/aromatic N) is 6. The molecule has 1 aromatic rings. The van der Waals surface area contributed by atoms with Gasteiger partial charge < -0.3 is 20.4 Å². The summed E-state index contributed by atoms with van der Waals surface area (Å²) in [6, 6.07) is 0.276. The number of nitrogens with two attached hydrogens (primary N) is 1. The van der Waals surface area contributed by atoms with E-state index >= 15 is 0 Å². The summed E-state index contributed by atoms with van der Waals surface area (Å²) in [4.78, 5) is 40.1. The SMILES string of the molecule is NC(=O)N1C[C@@H](N2CCN(c3ncccn3)CC2)C[C@H]1C(=O)N1CCC(F)(F)C1. The van der Waals surface area contributed by atoms with Crippen LogP contribution in [0.3, 0.4) is 0 Å². The highest BCUT2D eigenvalue weighted by molar-refractivity contribution is 5.87. The van der Waals surface area contributed by atoms with Gasteiger partial charge in [0.15, 0.2) is 0 Å². The minimum Gasteiger partial charge on any atom is -0.351 e. The highest BCUT2D eigenvalue weighted by Gasteiger charge is 2.47. The molecule has 3 fully saturated rings. The van der Waals surface area contributed by atoms with E-state index in [0.29, 0.717) is 18.9 Å². The third-order valence-electron chi connectivity index (χ3n) is 5.99. The number of anilines is 1. The van der Waals surface area contributed by atoms with Crippen molar-refractivity contribution in [2.75, 3.05) is 50.7 Å². The summed E-state index contributed by atoms with van der Waals surface area (Å²) in [6.07, 6.45) is 3.48. The van der Waals surface area contributed by atoms with E-state index in [1.165, 1.54) is 4.90 Å². The minimum atomic E-state index is -2.86. The number of rotatable bonds is 3. The van der Waals surface area contributed by atoms with Gasteiger partial charge in [-0.25, -0.2) is 23.5 Å². The molecular formula is C18H25F2N7O2. The number of halogens is 2. The minimum absolute atomic E-state index is 0.00928. The molecule has 0 aromatic carbocycles. The summed E-state index contributed by atoms with van der Waals surface area (Å²) in [5, 5.41) is 0. The zero-order valence-corrected chi connectivity index (χ0v) is 16.1. The van der Waals surface area contributed by atoms with Crippen LogP contribution in [0, 0.1) is 0 Å². The summed E-state index contributed by atoms with van der Waals surface area (Å²) in [5.74, 6) is -2.61. The molecule has 0 aliphatic carbocycles. The van der Waals surface area contributed by atoms with Crippen LogP contribution in [-0.2, 0) is 4.79 Å². The lowest BCUT2D eigenvalue weighted by Gasteiger charge is -2.37. The third kappa shape index (κ3) is 4.09. The average Bonchev–Trinajstić information content (AvgIpc) is 3.32. The van der Waals surface area contributed by atoms with Crippen molar-refractivity contribution in [3.05, 3.63) is 18.5 Å². The molecular weight excluding hydrogens is 384 g/mol. The van der Waals surface area contributed by atoms with Crippen LogP contribution in [0.15, 0.2) is 18.5 Å². The molecule has 3 aliphatic heterocycles. The van der Waals surface area contributed by atoms with Crippen molar-refractivity contribution >= 4 is 17.9 Å². The molecule has 3 saturated heterocycles. The van der Waals surface area contributed by atoms with E-state index in [2.05, 4.69) is 19.8 Å². The number of alkyl halides is 2. The number of urea groups is 1. The Balaban J connectivity index is 1.38. The predicted octanol–water partition coefficient (Wildman–Crippen LogP) is -0.0122. The van der Waals surface area contributed by atoms with Crippen LogP contribution in [0.25, 0.3) is 0 Å². The van der Waals surface area contributed by atoms with Crippen LogP contribution in [0.5, 0.6) is 0 Å². The highest BCUT2D eigenvalue weighted by Crippen LogP contribution is 2.30. The third-order valence-corrected chi connectivity index (χ3v) is 5.99. The number of hydrogen-bond acceptors (Lipinski definition) is 6. The van der Waals surface area contributed by atoms with E-state index in [9.17, 15) is 18.4 Å².